The molecule has 5 aromatic rings. The van der Waals surface area contributed by atoms with Crippen LogP contribution in [-0.2, 0) is 26.1 Å². The first-order valence-electron chi connectivity index (χ1n) is 18.1. The van der Waals surface area contributed by atoms with Gasteiger partial charge in [0.25, 0.3) is 5.91 Å². The molecule has 270 valence electrons. The molecule has 1 amide bonds. The minimum Gasteiger partial charge on any atom is -0.489 e. The Morgan fingerprint density at radius 1 is 0.712 bits per heavy atom. The van der Waals surface area contributed by atoms with Gasteiger partial charge >= 0.3 is 0 Å². The zero-order valence-corrected chi connectivity index (χ0v) is 30.3. The highest BCUT2D eigenvalue weighted by Crippen LogP contribution is 2.25. The number of quaternary nitrogens is 1. The topological polar surface area (TPSA) is 125 Å². The highest BCUT2D eigenvalue weighted by Gasteiger charge is 2.35. The van der Waals surface area contributed by atoms with E-state index in [-0.39, 0.29) is 34.4 Å². The molecule has 1 aromatic heterocycles. The number of nitrogens with zero attached hydrogens (tertiary/aromatic N) is 3. The van der Waals surface area contributed by atoms with Gasteiger partial charge in [-0.2, -0.15) is 0 Å². The molecule has 1 saturated heterocycles. The van der Waals surface area contributed by atoms with Crippen molar-refractivity contribution in [1.82, 2.24) is 15.3 Å². The van der Waals surface area contributed by atoms with Gasteiger partial charge in [0, 0.05) is 12.8 Å². The Morgan fingerprint density at radius 3 is 1.75 bits per heavy atom. The monoisotopic (exact) mass is 719 g/mol. The van der Waals surface area contributed by atoms with E-state index in [2.05, 4.69) is 88.1 Å². The molecule has 9 nitrogen and oxygen atoms in total. The van der Waals surface area contributed by atoms with Crippen LogP contribution in [0.5, 0.6) is 11.5 Å². The van der Waals surface area contributed by atoms with Crippen molar-refractivity contribution < 1.29 is 18.8 Å². The lowest BCUT2D eigenvalue weighted by molar-refractivity contribution is -0.933. The van der Waals surface area contributed by atoms with E-state index in [1.54, 1.807) is 0 Å². The lowest BCUT2D eigenvalue weighted by Crippen LogP contribution is -2.60. The third kappa shape index (κ3) is 10.5. The van der Waals surface area contributed by atoms with Crippen molar-refractivity contribution >= 4 is 29.1 Å². The van der Waals surface area contributed by atoms with E-state index in [4.69, 9.17) is 32.5 Å². The van der Waals surface area contributed by atoms with Crippen LogP contribution in [0.25, 0.3) is 0 Å². The maximum absolute atomic E-state index is 13.3. The number of hydrogen-bond donors (Lipinski definition) is 3. The second-order valence-corrected chi connectivity index (χ2v) is 14.0. The number of nitrogens with one attached hydrogen (secondary N) is 1. The van der Waals surface area contributed by atoms with Gasteiger partial charge in [-0.1, -0.05) is 96.5 Å². The zero-order valence-electron chi connectivity index (χ0n) is 29.6. The number of halogens is 1. The number of piperidine rings is 1. The summed E-state index contributed by atoms with van der Waals surface area (Å²) in [6.45, 7) is 5.03. The minimum absolute atomic E-state index is 0.00719. The van der Waals surface area contributed by atoms with Crippen molar-refractivity contribution in [2.45, 2.75) is 57.8 Å². The summed E-state index contributed by atoms with van der Waals surface area (Å²) < 4.78 is 12.9. The van der Waals surface area contributed by atoms with Crippen LogP contribution >= 0.6 is 11.6 Å². The first-order chi connectivity index (χ1) is 25.3. The third-order valence-electron chi connectivity index (χ3n) is 9.79. The van der Waals surface area contributed by atoms with Crippen LogP contribution in [0.2, 0.25) is 5.15 Å². The number of nitrogen functional groups attached to an aromatic ring is 2. The number of carbonyl (C=O) groups excluding carboxylic acids is 1. The summed E-state index contributed by atoms with van der Waals surface area (Å²) in [4.78, 5) is 21.4. The summed E-state index contributed by atoms with van der Waals surface area (Å²) in [6.07, 6.45) is 5.90. The van der Waals surface area contributed by atoms with Crippen LogP contribution in [0.15, 0.2) is 109 Å². The summed E-state index contributed by atoms with van der Waals surface area (Å²) in [6, 6.07) is 37.3. The number of carbonyl (C=O) groups is 1. The Bertz CT molecular complexity index is 1780. The van der Waals surface area contributed by atoms with Crippen LogP contribution < -0.4 is 26.3 Å². The number of aryl methyl sites for hydroxylation is 2. The highest BCUT2D eigenvalue weighted by atomic mass is 35.5. The number of rotatable bonds is 16. The van der Waals surface area contributed by atoms with Gasteiger partial charge in [-0.05, 0) is 72.2 Å². The molecule has 0 spiro atoms. The number of aromatic nitrogens is 2. The molecule has 6 rings (SSSR count). The van der Waals surface area contributed by atoms with E-state index < -0.39 is 0 Å². The van der Waals surface area contributed by atoms with Gasteiger partial charge in [0.1, 0.15) is 24.7 Å². The van der Waals surface area contributed by atoms with Gasteiger partial charge in [0.2, 0.25) is 0 Å². The number of amides is 1. The first-order valence-corrected chi connectivity index (χ1v) is 18.5. The fourth-order valence-corrected chi connectivity index (χ4v) is 7.17. The average Bonchev–Trinajstić information content (AvgIpc) is 3.16. The number of nitrogens with two attached hydrogens (primary N) is 2. The summed E-state index contributed by atoms with van der Waals surface area (Å²) in [5, 5.41) is 3.16. The van der Waals surface area contributed by atoms with Crippen molar-refractivity contribution in [2.75, 3.05) is 37.6 Å². The van der Waals surface area contributed by atoms with Gasteiger partial charge in [0.05, 0.1) is 32.2 Å². The molecule has 4 aromatic carbocycles. The molecule has 0 aliphatic carbocycles. The Hall–Kier alpha value is -5.12. The lowest BCUT2D eigenvalue weighted by atomic mass is 9.99. The predicted octanol–water partition coefficient (Wildman–Crippen LogP) is 7.43. The van der Waals surface area contributed by atoms with Crippen LogP contribution in [0.3, 0.4) is 0 Å². The first kappa shape index (κ1) is 36.7. The summed E-state index contributed by atoms with van der Waals surface area (Å²) in [5.41, 5.74) is 16.6. The molecule has 1 aliphatic rings. The maximum Gasteiger partial charge on any atom is 0.274 e. The smallest absolute Gasteiger partial charge is 0.274 e. The van der Waals surface area contributed by atoms with Crippen molar-refractivity contribution in [2.24, 2.45) is 0 Å². The van der Waals surface area contributed by atoms with Crippen molar-refractivity contribution in [1.29, 1.82) is 0 Å². The van der Waals surface area contributed by atoms with Gasteiger partial charge in [-0.3, -0.25) is 4.79 Å². The van der Waals surface area contributed by atoms with Crippen LogP contribution in [0, 0.1) is 0 Å². The zero-order chi connectivity index (χ0) is 36.2. The van der Waals surface area contributed by atoms with E-state index in [9.17, 15) is 4.79 Å². The molecule has 10 heteroatoms. The van der Waals surface area contributed by atoms with E-state index in [1.807, 2.05) is 36.4 Å². The van der Waals surface area contributed by atoms with Gasteiger partial charge in [0.15, 0.2) is 22.5 Å². The molecule has 5 N–H and O–H groups in total. The Morgan fingerprint density at radius 2 is 1.23 bits per heavy atom. The second-order valence-electron chi connectivity index (χ2n) is 13.7. The fraction of sp³-hybridized carbons (Fsp3) is 0.310. The van der Waals surface area contributed by atoms with Crippen LogP contribution in [0.4, 0.5) is 11.6 Å². The van der Waals surface area contributed by atoms with E-state index in [0.717, 1.165) is 91.8 Å². The summed E-state index contributed by atoms with van der Waals surface area (Å²) >= 11 is 6.08. The number of benzene rings is 4. The lowest BCUT2D eigenvalue weighted by Gasteiger charge is -2.45. The molecule has 1 atom stereocenters. The molecule has 52 heavy (non-hydrogen) atoms. The molecule has 0 saturated carbocycles. The molecule has 1 fully saturated rings. The van der Waals surface area contributed by atoms with E-state index >= 15 is 0 Å². The van der Waals surface area contributed by atoms with Crippen molar-refractivity contribution in [3.05, 3.63) is 142 Å². The standard InChI is InChI=1S/C42H47ClN6O3/c43-39-41(45)48-40(44)38(47-39)42(50)46-35-16-9-27-49(28-35,25-7-14-31-17-21-36(22-18-31)51-29-33-10-3-1-4-11-33)26-8-15-32-19-23-37(24-20-32)52-30-34-12-5-2-6-13-34/h1-6,10-13,17-24,35H,7-9,14-16,25-30H2,(H4-,44,45,46,48,50)/p+1/t35-/m0/s1. The predicted molar refractivity (Wildman–Crippen MR) is 207 cm³/mol. The minimum atomic E-state index is -0.374. The summed E-state index contributed by atoms with van der Waals surface area (Å²) in [7, 11) is 0. The third-order valence-corrected chi connectivity index (χ3v) is 10.1. The Kier molecular flexibility index (Phi) is 12.6. The van der Waals surface area contributed by atoms with E-state index in [0.29, 0.717) is 13.2 Å². The number of likely N-dealkylation sites (tertiary alicyclic amines) is 1. The molecular formula is C42H48ClN6O3+. The second kappa shape index (κ2) is 17.9. The molecule has 0 unspecified atom stereocenters. The van der Waals surface area contributed by atoms with E-state index in [1.165, 1.54) is 11.1 Å². The van der Waals surface area contributed by atoms with Crippen LogP contribution in [-0.4, -0.2) is 52.6 Å². The molecule has 0 bridgehead atoms. The highest BCUT2D eigenvalue weighted by molar-refractivity contribution is 6.31. The number of hydrogen-bond acceptors (Lipinski definition) is 7. The normalized spacial score (nSPS) is 15.1. The quantitative estimate of drug-likeness (QED) is 0.0907. The Labute approximate surface area is 311 Å². The number of anilines is 2. The van der Waals surface area contributed by atoms with Crippen molar-refractivity contribution in [3.63, 3.8) is 0 Å². The molecular weight excluding hydrogens is 672 g/mol. The molecule has 1 aliphatic heterocycles. The van der Waals surface area contributed by atoms with Gasteiger partial charge in [-0.25, -0.2) is 9.97 Å². The molecule has 2 heterocycles. The summed E-state index contributed by atoms with van der Waals surface area (Å²) in [5.74, 6) is 1.35. The van der Waals surface area contributed by atoms with Crippen LogP contribution in [0.1, 0.15) is 58.4 Å². The Balaban J connectivity index is 1.06. The SMILES string of the molecule is Nc1nc(N)c(C(=O)N[C@H]2CCC[N+](CCCc3ccc(OCc4ccccc4)cc3)(CCCc3ccc(OCc4ccccc4)cc3)C2)nc1Cl. The van der Waals surface area contributed by atoms with Gasteiger partial charge in [-0.15, -0.1) is 0 Å². The number of ether oxygens (including phenoxy) is 2. The van der Waals surface area contributed by atoms with Gasteiger partial charge < -0.3 is 30.7 Å². The molecule has 0 radical (unpaired) electrons. The van der Waals surface area contributed by atoms with Crippen molar-refractivity contribution in [3.8, 4) is 11.5 Å². The fourth-order valence-electron chi connectivity index (χ4n) is 7.05. The maximum atomic E-state index is 13.3. The average molecular weight is 720 g/mol. The largest absolute Gasteiger partial charge is 0.489 e.